The third kappa shape index (κ3) is 3.52. The molecular weight excluding hydrogens is 354 g/mol. The molecule has 0 atom stereocenters. The van der Waals surface area contributed by atoms with E-state index in [9.17, 15) is 0 Å². The normalized spacial score (nSPS) is 11.1. The van der Waals surface area contributed by atoms with Crippen LogP contribution in [0.15, 0.2) is 64.0 Å². The van der Waals surface area contributed by atoms with Crippen LogP contribution in [0.1, 0.15) is 11.5 Å². The van der Waals surface area contributed by atoms with Crippen molar-refractivity contribution in [2.75, 3.05) is 0 Å². The van der Waals surface area contributed by atoms with Crippen molar-refractivity contribution in [3.63, 3.8) is 0 Å². The minimum absolute atomic E-state index is 0.495. The molecule has 0 unspecified atom stereocenters. The third-order valence-corrected chi connectivity index (χ3v) is 4.95. The summed E-state index contributed by atoms with van der Waals surface area (Å²) in [6, 6.07) is 17.6. The number of halogens is 1. The lowest BCUT2D eigenvalue weighted by molar-refractivity contribution is 0.528. The van der Waals surface area contributed by atoms with Gasteiger partial charge >= 0.3 is 0 Å². The van der Waals surface area contributed by atoms with Crippen molar-refractivity contribution in [1.82, 2.24) is 15.2 Å². The molecule has 4 rings (SSSR count). The van der Waals surface area contributed by atoms with Gasteiger partial charge in [0.25, 0.3) is 0 Å². The summed E-state index contributed by atoms with van der Waals surface area (Å²) < 4.78 is 5.74. The molecule has 2 aromatic heterocycles. The van der Waals surface area contributed by atoms with E-state index in [2.05, 4.69) is 34.2 Å². The molecule has 0 saturated heterocycles. The molecule has 124 valence electrons. The second kappa shape index (κ2) is 6.86. The number of rotatable bonds is 4. The van der Waals surface area contributed by atoms with Crippen LogP contribution in [-0.4, -0.2) is 15.2 Å². The van der Waals surface area contributed by atoms with Gasteiger partial charge in [-0.05, 0) is 48.9 Å². The SMILES string of the molecule is Cc1cc(SCc2nnc(-c3ccc(Cl)cc3)o2)nc2ccccc12. The number of hydrogen-bond donors (Lipinski definition) is 0. The molecule has 0 aliphatic heterocycles. The molecule has 2 aromatic carbocycles. The molecule has 0 N–H and O–H groups in total. The molecule has 6 heteroatoms. The monoisotopic (exact) mass is 367 g/mol. The van der Waals surface area contributed by atoms with E-state index in [0.717, 1.165) is 16.1 Å². The predicted molar refractivity (Wildman–Crippen MR) is 101 cm³/mol. The van der Waals surface area contributed by atoms with Gasteiger partial charge < -0.3 is 4.42 Å². The Balaban J connectivity index is 1.51. The first-order chi connectivity index (χ1) is 12.2. The molecule has 2 heterocycles. The molecule has 0 amide bonds. The van der Waals surface area contributed by atoms with E-state index in [4.69, 9.17) is 16.0 Å². The summed E-state index contributed by atoms with van der Waals surface area (Å²) in [6.45, 7) is 2.10. The number of pyridine rings is 1. The lowest BCUT2D eigenvalue weighted by Gasteiger charge is -2.04. The molecule has 0 aliphatic carbocycles. The number of hydrogen-bond acceptors (Lipinski definition) is 5. The Hall–Kier alpha value is -2.37. The van der Waals surface area contributed by atoms with Gasteiger partial charge in [-0.2, -0.15) is 0 Å². The molecule has 0 saturated carbocycles. The number of benzene rings is 2. The van der Waals surface area contributed by atoms with Crippen LogP contribution in [-0.2, 0) is 5.75 Å². The molecule has 0 aliphatic rings. The Kier molecular flexibility index (Phi) is 4.42. The second-order valence-electron chi connectivity index (χ2n) is 5.59. The van der Waals surface area contributed by atoms with E-state index in [1.807, 2.05) is 30.3 Å². The Morgan fingerprint density at radius 3 is 2.68 bits per heavy atom. The second-order valence-corrected chi connectivity index (χ2v) is 7.02. The zero-order chi connectivity index (χ0) is 17.2. The summed E-state index contributed by atoms with van der Waals surface area (Å²) in [7, 11) is 0. The molecular formula is C19H14ClN3OS. The van der Waals surface area contributed by atoms with Gasteiger partial charge in [0, 0.05) is 16.0 Å². The minimum Gasteiger partial charge on any atom is -0.420 e. The minimum atomic E-state index is 0.495. The molecule has 4 aromatic rings. The zero-order valence-electron chi connectivity index (χ0n) is 13.4. The molecule has 0 fully saturated rings. The van der Waals surface area contributed by atoms with Crippen LogP contribution in [0.25, 0.3) is 22.4 Å². The topological polar surface area (TPSA) is 51.8 Å². The Bertz CT molecular complexity index is 1030. The quantitative estimate of drug-likeness (QED) is 0.443. The third-order valence-electron chi connectivity index (χ3n) is 3.80. The van der Waals surface area contributed by atoms with E-state index in [1.54, 1.807) is 23.9 Å². The average molecular weight is 368 g/mol. The van der Waals surface area contributed by atoms with Gasteiger partial charge in [-0.1, -0.05) is 41.6 Å². The van der Waals surface area contributed by atoms with Crippen molar-refractivity contribution in [2.24, 2.45) is 0 Å². The van der Waals surface area contributed by atoms with Gasteiger partial charge in [0.1, 0.15) is 0 Å². The Morgan fingerprint density at radius 2 is 1.84 bits per heavy atom. The summed E-state index contributed by atoms with van der Waals surface area (Å²) in [4.78, 5) is 4.68. The van der Waals surface area contributed by atoms with Crippen LogP contribution in [0.4, 0.5) is 0 Å². The van der Waals surface area contributed by atoms with Crippen LogP contribution in [0.2, 0.25) is 5.02 Å². The Labute approximate surface area is 154 Å². The number of para-hydroxylation sites is 1. The van der Waals surface area contributed by atoms with Gasteiger partial charge in [0.15, 0.2) is 0 Å². The van der Waals surface area contributed by atoms with Crippen LogP contribution >= 0.6 is 23.4 Å². The summed E-state index contributed by atoms with van der Waals surface area (Å²) in [5, 5.41) is 11.0. The number of aryl methyl sites for hydroxylation is 1. The van der Waals surface area contributed by atoms with E-state index in [0.29, 0.717) is 22.6 Å². The standard InChI is InChI=1S/C19H14ClN3OS/c1-12-10-18(21-16-5-3-2-4-15(12)16)25-11-17-22-23-19(24-17)13-6-8-14(20)9-7-13/h2-10H,11H2,1H3. The van der Waals surface area contributed by atoms with Crippen molar-refractivity contribution in [2.45, 2.75) is 17.7 Å². The molecule has 25 heavy (non-hydrogen) atoms. The number of nitrogens with zero attached hydrogens (tertiary/aromatic N) is 3. The summed E-state index contributed by atoms with van der Waals surface area (Å²) in [6.07, 6.45) is 0. The molecule has 0 radical (unpaired) electrons. The molecule has 0 spiro atoms. The van der Waals surface area contributed by atoms with Gasteiger partial charge in [-0.25, -0.2) is 4.98 Å². The van der Waals surface area contributed by atoms with Crippen LogP contribution in [0.5, 0.6) is 0 Å². The van der Waals surface area contributed by atoms with Gasteiger partial charge in [-0.3, -0.25) is 0 Å². The number of thioether (sulfide) groups is 1. The van der Waals surface area contributed by atoms with Gasteiger partial charge in [-0.15, -0.1) is 10.2 Å². The fourth-order valence-electron chi connectivity index (χ4n) is 2.55. The lowest BCUT2D eigenvalue weighted by Crippen LogP contribution is -1.88. The largest absolute Gasteiger partial charge is 0.420 e. The van der Waals surface area contributed by atoms with Crippen LogP contribution in [0, 0.1) is 6.92 Å². The highest BCUT2D eigenvalue weighted by Crippen LogP contribution is 2.27. The first-order valence-corrected chi connectivity index (χ1v) is 9.13. The van der Waals surface area contributed by atoms with E-state index >= 15 is 0 Å². The maximum atomic E-state index is 5.90. The van der Waals surface area contributed by atoms with E-state index in [1.165, 1.54) is 10.9 Å². The maximum Gasteiger partial charge on any atom is 0.247 e. The van der Waals surface area contributed by atoms with Gasteiger partial charge in [0.2, 0.25) is 11.8 Å². The number of fused-ring (bicyclic) bond motifs is 1. The summed E-state index contributed by atoms with van der Waals surface area (Å²) in [5.41, 5.74) is 3.06. The summed E-state index contributed by atoms with van der Waals surface area (Å²) >= 11 is 7.48. The predicted octanol–water partition coefficient (Wildman–Crippen LogP) is 5.54. The summed E-state index contributed by atoms with van der Waals surface area (Å²) in [5.74, 6) is 1.64. The van der Waals surface area contributed by atoms with Crippen LogP contribution in [0.3, 0.4) is 0 Å². The van der Waals surface area contributed by atoms with E-state index < -0.39 is 0 Å². The van der Waals surface area contributed by atoms with Crippen molar-refractivity contribution in [3.8, 4) is 11.5 Å². The smallest absolute Gasteiger partial charge is 0.247 e. The maximum absolute atomic E-state index is 5.90. The van der Waals surface area contributed by atoms with Crippen molar-refractivity contribution in [1.29, 1.82) is 0 Å². The first kappa shape index (κ1) is 16.1. The molecule has 4 nitrogen and oxygen atoms in total. The average Bonchev–Trinajstić information content (AvgIpc) is 3.10. The zero-order valence-corrected chi connectivity index (χ0v) is 15.0. The number of aromatic nitrogens is 3. The molecule has 0 bridgehead atoms. The Morgan fingerprint density at radius 1 is 1.04 bits per heavy atom. The fraction of sp³-hybridized carbons (Fsp3) is 0.105. The highest BCUT2D eigenvalue weighted by Gasteiger charge is 2.10. The van der Waals surface area contributed by atoms with Crippen molar-refractivity contribution >= 4 is 34.3 Å². The van der Waals surface area contributed by atoms with E-state index in [-0.39, 0.29) is 0 Å². The fourth-order valence-corrected chi connectivity index (χ4v) is 3.49. The first-order valence-electron chi connectivity index (χ1n) is 7.76. The van der Waals surface area contributed by atoms with Gasteiger partial charge in [0.05, 0.1) is 16.3 Å². The highest BCUT2D eigenvalue weighted by molar-refractivity contribution is 7.98. The van der Waals surface area contributed by atoms with Crippen molar-refractivity contribution in [3.05, 3.63) is 71.1 Å². The lowest BCUT2D eigenvalue weighted by atomic mass is 10.1. The van der Waals surface area contributed by atoms with Crippen LogP contribution < -0.4 is 0 Å². The van der Waals surface area contributed by atoms with Crippen molar-refractivity contribution < 1.29 is 4.42 Å². The highest BCUT2D eigenvalue weighted by atomic mass is 35.5.